The fraction of sp³-hybridized carbons (Fsp3) is 0.286. The van der Waals surface area contributed by atoms with Gasteiger partial charge in [0.25, 0.3) is 5.91 Å². The highest BCUT2D eigenvalue weighted by molar-refractivity contribution is 6.04. The molecule has 2 rings (SSSR count). The van der Waals surface area contributed by atoms with Gasteiger partial charge in [0.1, 0.15) is 5.75 Å². The smallest absolute Gasteiger partial charge is 0.255 e. The molecule has 2 aromatic rings. The SMILES string of the molecule is CC(C)C(=O)Nc1ccc(C(=O)Nc2cccc(OCCCC#N)c2)cc1. The number of hydrogen-bond donors (Lipinski definition) is 2. The van der Waals surface area contributed by atoms with E-state index in [0.29, 0.717) is 42.1 Å². The van der Waals surface area contributed by atoms with Crippen molar-refractivity contribution in [3.8, 4) is 11.8 Å². The predicted octanol–water partition coefficient (Wildman–Crippen LogP) is 4.22. The van der Waals surface area contributed by atoms with E-state index in [-0.39, 0.29) is 17.7 Å². The largest absolute Gasteiger partial charge is 0.493 e. The van der Waals surface area contributed by atoms with E-state index in [9.17, 15) is 9.59 Å². The van der Waals surface area contributed by atoms with Crippen molar-refractivity contribution in [1.82, 2.24) is 0 Å². The Morgan fingerprint density at radius 2 is 1.81 bits per heavy atom. The fourth-order valence-corrected chi connectivity index (χ4v) is 2.20. The highest BCUT2D eigenvalue weighted by Crippen LogP contribution is 2.19. The van der Waals surface area contributed by atoms with E-state index < -0.39 is 0 Å². The van der Waals surface area contributed by atoms with Gasteiger partial charge >= 0.3 is 0 Å². The third-order valence-electron chi connectivity index (χ3n) is 3.73. The van der Waals surface area contributed by atoms with Gasteiger partial charge < -0.3 is 15.4 Å². The molecule has 2 amide bonds. The van der Waals surface area contributed by atoms with Gasteiger partial charge in [0, 0.05) is 35.3 Å². The summed E-state index contributed by atoms with van der Waals surface area (Å²) in [7, 11) is 0. The topological polar surface area (TPSA) is 91.2 Å². The van der Waals surface area contributed by atoms with E-state index in [0.717, 1.165) is 0 Å². The summed E-state index contributed by atoms with van der Waals surface area (Å²) in [6.45, 7) is 4.09. The zero-order valence-electron chi connectivity index (χ0n) is 15.5. The van der Waals surface area contributed by atoms with Crippen LogP contribution < -0.4 is 15.4 Å². The van der Waals surface area contributed by atoms with Gasteiger partial charge in [0.15, 0.2) is 0 Å². The number of amides is 2. The molecule has 0 aliphatic heterocycles. The second kappa shape index (κ2) is 9.97. The molecule has 0 bridgehead atoms. The van der Waals surface area contributed by atoms with Crippen molar-refractivity contribution in [2.75, 3.05) is 17.2 Å². The average Bonchev–Trinajstić information content (AvgIpc) is 2.66. The number of nitrogens with one attached hydrogen (secondary N) is 2. The van der Waals surface area contributed by atoms with Crippen molar-refractivity contribution in [3.63, 3.8) is 0 Å². The minimum atomic E-state index is -0.252. The van der Waals surface area contributed by atoms with Gasteiger partial charge in [0.05, 0.1) is 12.7 Å². The molecule has 0 atom stereocenters. The van der Waals surface area contributed by atoms with Crippen LogP contribution in [0, 0.1) is 17.2 Å². The van der Waals surface area contributed by atoms with E-state index in [1.165, 1.54) is 0 Å². The number of hydrogen-bond acceptors (Lipinski definition) is 4. The summed E-state index contributed by atoms with van der Waals surface area (Å²) in [6, 6.07) is 15.9. The molecule has 140 valence electrons. The molecule has 0 spiro atoms. The second-order valence-electron chi connectivity index (χ2n) is 6.31. The Hall–Kier alpha value is -3.33. The number of ether oxygens (including phenoxy) is 1. The highest BCUT2D eigenvalue weighted by Gasteiger charge is 2.09. The van der Waals surface area contributed by atoms with E-state index in [2.05, 4.69) is 16.7 Å². The maximum absolute atomic E-state index is 12.4. The number of anilines is 2. The van der Waals surface area contributed by atoms with Crippen LogP contribution in [0.3, 0.4) is 0 Å². The summed E-state index contributed by atoms with van der Waals surface area (Å²) in [5.74, 6) is 0.206. The molecule has 0 fully saturated rings. The zero-order chi connectivity index (χ0) is 19.6. The lowest BCUT2D eigenvalue weighted by molar-refractivity contribution is -0.118. The van der Waals surface area contributed by atoms with Gasteiger partial charge in [-0.05, 0) is 42.8 Å². The minimum absolute atomic E-state index is 0.0706. The lowest BCUT2D eigenvalue weighted by Gasteiger charge is -2.10. The van der Waals surface area contributed by atoms with Crippen LogP contribution in [-0.2, 0) is 4.79 Å². The Balaban J connectivity index is 1.94. The predicted molar refractivity (Wildman–Crippen MR) is 105 cm³/mol. The van der Waals surface area contributed by atoms with Crippen LogP contribution in [0.2, 0.25) is 0 Å². The van der Waals surface area contributed by atoms with Gasteiger partial charge in [-0.15, -0.1) is 0 Å². The summed E-state index contributed by atoms with van der Waals surface area (Å²) in [4.78, 5) is 24.1. The van der Waals surface area contributed by atoms with Crippen LogP contribution in [-0.4, -0.2) is 18.4 Å². The Bertz CT molecular complexity index is 823. The summed E-state index contributed by atoms with van der Waals surface area (Å²) in [5, 5.41) is 14.1. The van der Waals surface area contributed by atoms with Crippen molar-refractivity contribution in [2.24, 2.45) is 5.92 Å². The van der Waals surface area contributed by atoms with E-state index >= 15 is 0 Å². The fourth-order valence-electron chi connectivity index (χ4n) is 2.20. The number of carbonyl (C=O) groups is 2. The van der Waals surface area contributed by atoms with Gasteiger partial charge in [-0.3, -0.25) is 9.59 Å². The molecule has 0 radical (unpaired) electrons. The normalized spacial score (nSPS) is 10.1. The second-order valence-corrected chi connectivity index (χ2v) is 6.31. The standard InChI is InChI=1S/C21H23N3O3/c1-15(2)20(25)23-17-10-8-16(9-11-17)21(26)24-18-6-5-7-19(14-18)27-13-4-3-12-22/h5-11,14-15H,3-4,13H2,1-2H3,(H,23,25)(H,24,26). The van der Waals surface area contributed by atoms with Crippen LogP contribution in [0.4, 0.5) is 11.4 Å². The lowest BCUT2D eigenvalue weighted by atomic mass is 10.1. The Morgan fingerprint density at radius 1 is 1.07 bits per heavy atom. The van der Waals surface area contributed by atoms with Gasteiger partial charge in [-0.25, -0.2) is 0 Å². The minimum Gasteiger partial charge on any atom is -0.493 e. The van der Waals surface area contributed by atoms with E-state index in [1.54, 1.807) is 48.5 Å². The summed E-state index contributed by atoms with van der Waals surface area (Å²) < 4.78 is 5.57. The molecule has 0 aliphatic carbocycles. The molecular weight excluding hydrogens is 342 g/mol. The molecule has 6 heteroatoms. The summed E-state index contributed by atoms with van der Waals surface area (Å²) in [6.07, 6.45) is 1.11. The number of carbonyl (C=O) groups excluding carboxylic acids is 2. The monoisotopic (exact) mass is 365 g/mol. The Labute approximate surface area is 159 Å². The highest BCUT2D eigenvalue weighted by atomic mass is 16.5. The molecule has 0 aliphatic rings. The maximum Gasteiger partial charge on any atom is 0.255 e. The molecule has 0 saturated heterocycles. The lowest BCUT2D eigenvalue weighted by Crippen LogP contribution is -2.18. The first-order valence-electron chi connectivity index (χ1n) is 8.81. The number of nitriles is 1. The molecule has 6 nitrogen and oxygen atoms in total. The average molecular weight is 365 g/mol. The van der Waals surface area contributed by atoms with Crippen LogP contribution in [0.5, 0.6) is 5.75 Å². The third kappa shape index (κ3) is 6.48. The van der Waals surface area contributed by atoms with Crippen LogP contribution in [0.25, 0.3) is 0 Å². The quantitative estimate of drug-likeness (QED) is 0.685. The molecule has 2 N–H and O–H groups in total. The molecule has 0 saturated carbocycles. The van der Waals surface area contributed by atoms with Crippen LogP contribution >= 0.6 is 0 Å². The summed E-state index contributed by atoms with van der Waals surface area (Å²) >= 11 is 0. The number of rotatable bonds is 8. The van der Waals surface area contributed by atoms with Crippen LogP contribution in [0.15, 0.2) is 48.5 Å². The first kappa shape index (κ1) is 20.0. The van der Waals surface area contributed by atoms with Gasteiger partial charge in [-0.2, -0.15) is 5.26 Å². The Morgan fingerprint density at radius 3 is 2.48 bits per heavy atom. The molecule has 0 heterocycles. The molecule has 0 unspecified atom stereocenters. The van der Waals surface area contributed by atoms with Crippen molar-refractivity contribution < 1.29 is 14.3 Å². The van der Waals surface area contributed by atoms with E-state index in [1.807, 2.05) is 13.8 Å². The van der Waals surface area contributed by atoms with Crippen LogP contribution in [0.1, 0.15) is 37.0 Å². The first-order chi connectivity index (χ1) is 13.0. The maximum atomic E-state index is 12.4. The number of unbranched alkanes of at least 4 members (excludes halogenated alkanes) is 1. The van der Waals surface area contributed by atoms with E-state index in [4.69, 9.17) is 10.00 Å². The first-order valence-corrected chi connectivity index (χ1v) is 8.81. The van der Waals surface area contributed by atoms with Crippen molar-refractivity contribution >= 4 is 23.2 Å². The van der Waals surface area contributed by atoms with Crippen molar-refractivity contribution in [1.29, 1.82) is 5.26 Å². The zero-order valence-corrected chi connectivity index (χ0v) is 15.5. The number of nitrogens with zero attached hydrogens (tertiary/aromatic N) is 1. The summed E-state index contributed by atoms with van der Waals surface area (Å²) in [5.41, 5.74) is 1.76. The van der Waals surface area contributed by atoms with Gasteiger partial charge in [0.2, 0.25) is 5.91 Å². The molecule has 27 heavy (non-hydrogen) atoms. The molecular formula is C21H23N3O3. The van der Waals surface area contributed by atoms with Gasteiger partial charge in [-0.1, -0.05) is 19.9 Å². The molecule has 2 aromatic carbocycles. The number of benzene rings is 2. The third-order valence-corrected chi connectivity index (χ3v) is 3.73. The Kier molecular flexibility index (Phi) is 7.38. The van der Waals surface area contributed by atoms with Crippen molar-refractivity contribution in [3.05, 3.63) is 54.1 Å². The molecule has 0 aromatic heterocycles. The van der Waals surface area contributed by atoms with Crippen molar-refractivity contribution in [2.45, 2.75) is 26.7 Å².